The van der Waals surface area contributed by atoms with Gasteiger partial charge in [0.2, 0.25) is 10.0 Å². The summed E-state index contributed by atoms with van der Waals surface area (Å²) in [5.74, 6) is -1.16. The fourth-order valence-corrected chi connectivity index (χ4v) is 3.45. The van der Waals surface area contributed by atoms with Gasteiger partial charge in [0.05, 0.1) is 11.0 Å². The number of rotatable bonds is 8. The van der Waals surface area contributed by atoms with Crippen LogP contribution in [0.3, 0.4) is 0 Å². The second-order valence-electron chi connectivity index (χ2n) is 6.14. The van der Waals surface area contributed by atoms with Crippen molar-refractivity contribution in [2.75, 3.05) is 13.2 Å². The number of halogens is 1. The van der Waals surface area contributed by atoms with Crippen LogP contribution in [0.15, 0.2) is 17.0 Å². The zero-order valence-electron chi connectivity index (χ0n) is 13.3. The number of nitrogens with one attached hydrogen (secondary N) is 1. The van der Waals surface area contributed by atoms with Crippen LogP contribution < -0.4 is 4.72 Å². The Kier molecular flexibility index (Phi) is 6.20. The number of aliphatic hydroxyl groups excluding tert-OH is 1. The van der Waals surface area contributed by atoms with Crippen molar-refractivity contribution >= 4 is 15.7 Å². The van der Waals surface area contributed by atoms with Crippen molar-refractivity contribution in [1.82, 2.24) is 4.72 Å². The Morgan fingerprint density at radius 2 is 2.00 bits per heavy atom. The molecule has 0 radical (unpaired) electrons. The molecule has 0 aliphatic rings. The molecule has 7 nitrogen and oxygen atoms in total. The van der Waals surface area contributed by atoms with Gasteiger partial charge in [0.1, 0.15) is 10.7 Å². The summed E-state index contributed by atoms with van der Waals surface area (Å²) in [6.45, 7) is 5.06. The number of nitro benzene ring substituents is 1. The minimum Gasteiger partial charge on any atom is -0.396 e. The predicted molar refractivity (Wildman–Crippen MR) is 83.1 cm³/mol. The molecule has 1 aromatic carbocycles. The Morgan fingerprint density at radius 3 is 2.52 bits per heavy atom. The fourth-order valence-electron chi connectivity index (χ4n) is 2.06. The summed E-state index contributed by atoms with van der Waals surface area (Å²) in [6, 6.07) is 1.57. The van der Waals surface area contributed by atoms with Crippen LogP contribution in [0, 0.1) is 28.3 Å². The highest BCUT2D eigenvalue weighted by Gasteiger charge is 2.26. The molecule has 0 unspecified atom stereocenters. The highest BCUT2D eigenvalue weighted by Crippen LogP contribution is 2.26. The lowest BCUT2D eigenvalue weighted by atomic mass is 9.88. The van der Waals surface area contributed by atoms with E-state index in [1.54, 1.807) is 0 Å². The second-order valence-corrected chi connectivity index (χ2v) is 7.88. The lowest BCUT2D eigenvalue weighted by molar-refractivity contribution is -0.385. The number of hydrogen-bond acceptors (Lipinski definition) is 5. The average Bonchev–Trinajstić information content (AvgIpc) is 2.45. The van der Waals surface area contributed by atoms with E-state index in [0.29, 0.717) is 18.9 Å². The van der Waals surface area contributed by atoms with Crippen LogP contribution in [0.1, 0.15) is 32.3 Å². The van der Waals surface area contributed by atoms with Crippen molar-refractivity contribution in [3.05, 3.63) is 33.6 Å². The molecule has 0 spiro atoms. The van der Waals surface area contributed by atoms with E-state index in [4.69, 9.17) is 5.11 Å². The molecule has 9 heteroatoms. The molecule has 0 aliphatic heterocycles. The maximum absolute atomic E-state index is 14.0. The number of benzene rings is 1. The van der Waals surface area contributed by atoms with Crippen molar-refractivity contribution in [1.29, 1.82) is 0 Å². The topological polar surface area (TPSA) is 110 Å². The third kappa shape index (κ3) is 5.22. The number of nitro groups is 1. The monoisotopic (exact) mass is 348 g/mol. The first kappa shape index (κ1) is 19.5. The highest BCUT2D eigenvalue weighted by molar-refractivity contribution is 7.89. The number of aryl methyl sites for hydroxylation is 1. The van der Waals surface area contributed by atoms with Crippen LogP contribution in [0.4, 0.5) is 10.1 Å². The normalized spacial score (nSPS) is 12.4. The molecule has 130 valence electrons. The van der Waals surface area contributed by atoms with Crippen LogP contribution in [0.5, 0.6) is 0 Å². The molecule has 0 bridgehead atoms. The minimum atomic E-state index is -4.12. The molecule has 2 N–H and O–H groups in total. The van der Waals surface area contributed by atoms with E-state index in [9.17, 15) is 22.9 Å². The van der Waals surface area contributed by atoms with Crippen LogP contribution >= 0.6 is 0 Å². The molecular weight excluding hydrogens is 327 g/mol. The summed E-state index contributed by atoms with van der Waals surface area (Å²) >= 11 is 0. The Balaban J connectivity index is 3.01. The first-order valence-electron chi connectivity index (χ1n) is 7.05. The molecule has 0 aliphatic carbocycles. The Morgan fingerprint density at radius 1 is 1.39 bits per heavy atom. The van der Waals surface area contributed by atoms with Crippen molar-refractivity contribution in [2.45, 2.75) is 38.5 Å². The van der Waals surface area contributed by atoms with Gasteiger partial charge in [0.25, 0.3) is 5.69 Å². The van der Waals surface area contributed by atoms with Gasteiger partial charge in [-0.15, -0.1) is 0 Å². The predicted octanol–water partition coefficient (Wildman–Crippen LogP) is 2.12. The second kappa shape index (κ2) is 7.33. The first-order valence-corrected chi connectivity index (χ1v) is 8.53. The zero-order valence-corrected chi connectivity index (χ0v) is 14.1. The Bertz CT molecular complexity index is 689. The lowest BCUT2D eigenvalue weighted by Gasteiger charge is -2.24. The van der Waals surface area contributed by atoms with Crippen molar-refractivity contribution in [3.63, 3.8) is 0 Å². The molecule has 0 aromatic heterocycles. The SMILES string of the molecule is Cc1cc(S(=O)(=O)NCC(C)(C)CCCO)c(F)cc1[N+](=O)[O-]. The molecular formula is C14H21FN2O5S. The Hall–Kier alpha value is -1.58. The van der Waals surface area contributed by atoms with Gasteiger partial charge in [-0.2, -0.15) is 0 Å². The smallest absolute Gasteiger partial charge is 0.275 e. The van der Waals surface area contributed by atoms with Crippen molar-refractivity contribution in [3.8, 4) is 0 Å². The van der Waals surface area contributed by atoms with E-state index in [1.807, 2.05) is 13.8 Å². The summed E-state index contributed by atoms with van der Waals surface area (Å²) < 4.78 is 40.7. The van der Waals surface area contributed by atoms with E-state index in [1.165, 1.54) is 6.92 Å². The highest BCUT2D eigenvalue weighted by atomic mass is 32.2. The van der Waals surface area contributed by atoms with Gasteiger partial charge in [-0.25, -0.2) is 17.5 Å². The third-order valence-electron chi connectivity index (χ3n) is 3.49. The van der Waals surface area contributed by atoms with Gasteiger partial charge in [0.15, 0.2) is 0 Å². The van der Waals surface area contributed by atoms with E-state index in [2.05, 4.69) is 4.72 Å². The number of aliphatic hydroxyl groups is 1. The minimum absolute atomic E-state index is 0.00631. The van der Waals surface area contributed by atoms with Crippen molar-refractivity contribution in [2.24, 2.45) is 5.41 Å². The molecule has 0 fully saturated rings. The zero-order chi connectivity index (χ0) is 17.8. The molecule has 23 heavy (non-hydrogen) atoms. The van der Waals surface area contributed by atoms with Crippen LogP contribution in [0.25, 0.3) is 0 Å². The standard InChI is InChI=1S/C14H21FN2O5S/c1-10-7-13(11(15)8-12(10)17(19)20)23(21,22)16-9-14(2,3)5-4-6-18/h7-8,16,18H,4-6,9H2,1-3H3. The number of sulfonamides is 1. The molecule has 0 atom stereocenters. The van der Waals surface area contributed by atoms with E-state index in [-0.39, 0.29) is 18.7 Å². The van der Waals surface area contributed by atoms with Crippen LogP contribution in [0.2, 0.25) is 0 Å². The van der Waals surface area contributed by atoms with E-state index < -0.39 is 36.8 Å². The number of nitrogens with zero attached hydrogens (tertiary/aromatic N) is 1. The third-order valence-corrected chi connectivity index (χ3v) is 4.91. The Labute approximate surface area is 134 Å². The summed E-state index contributed by atoms with van der Waals surface area (Å²) in [7, 11) is -4.12. The largest absolute Gasteiger partial charge is 0.396 e. The summed E-state index contributed by atoms with van der Waals surface area (Å²) in [5.41, 5.74) is -0.816. The summed E-state index contributed by atoms with van der Waals surface area (Å²) in [5, 5.41) is 19.6. The van der Waals surface area contributed by atoms with Gasteiger partial charge in [0, 0.05) is 18.7 Å². The summed E-state index contributed by atoms with van der Waals surface area (Å²) in [6.07, 6.45) is 1.12. The van der Waals surface area contributed by atoms with Crippen molar-refractivity contribution < 1.29 is 22.8 Å². The van der Waals surface area contributed by atoms with Crippen LogP contribution in [-0.2, 0) is 10.0 Å². The molecule has 0 saturated heterocycles. The lowest BCUT2D eigenvalue weighted by Crippen LogP contribution is -2.34. The number of hydrogen-bond donors (Lipinski definition) is 2. The molecule has 0 heterocycles. The van der Waals surface area contributed by atoms with Gasteiger partial charge < -0.3 is 5.11 Å². The van der Waals surface area contributed by atoms with Crippen LogP contribution in [-0.4, -0.2) is 31.6 Å². The fraction of sp³-hybridized carbons (Fsp3) is 0.571. The quantitative estimate of drug-likeness (QED) is 0.552. The van der Waals surface area contributed by atoms with Gasteiger partial charge in [-0.05, 0) is 31.2 Å². The summed E-state index contributed by atoms with van der Waals surface area (Å²) in [4.78, 5) is 9.37. The van der Waals surface area contributed by atoms with Gasteiger partial charge in [-0.1, -0.05) is 13.8 Å². The first-order chi connectivity index (χ1) is 10.5. The van der Waals surface area contributed by atoms with Gasteiger partial charge in [-0.3, -0.25) is 10.1 Å². The molecule has 0 saturated carbocycles. The average molecular weight is 348 g/mol. The molecule has 1 rings (SSSR count). The molecule has 1 aromatic rings. The van der Waals surface area contributed by atoms with E-state index in [0.717, 1.165) is 6.07 Å². The van der Waals surface area contributed by atoms with E-state index >= 15 is 0 Å². The van der Waals surface area contributed by atoms with Gasteiger partial charge >= 0.3 is 0 Å². The molecule has 0 amide bonds. The maximum atomic E-state index is 14.0. The maximum Gasteiger partial charge on any atom is 0.275 e.